The number of anilines is 1. The van der Waals surface area contributed by atoms with E-state index < -0.39 is 16.7 Å². The number of benzene rings is 2. The molecule has 0 bridgehead atoms. The fourth-order valence-corrected chi connectivity index (χ4v) is 3.37. The van der Waals surface area contributed by atoms with Gasteiger partial charge in [-0.05, 0) is 30.3 Å². The zero-order valence-corrected chi connectivity index (χ0v) is 17.9. The van der Waals surface area contributed by atoms with E-state index in [0.29, 0.717) is 10.6 Å². The van der Waals surface area contributed by atoms with Crippen LogP contribution in [0.4, 0.5) is 10.8 Å². The molecule has 13 heteroatoms. The number of hydrogen-bond acceptors (Lipinski definition) is 9. The molecule has 1 aromatic heterocycles. The molecule has 0 saturated carbocycles. The number of phenolic OH excluding ortho intramolecular Hbond substituents is 1. The Balaban J connectivity index is 1.53. The van der Waals surface area contributed by atoms with Crippen LogP contribution < -0.4 is 10.7 Å². The molecule has 0 saturated heterocycles. The molecule has 0 spiro atoms. The second-order valence-electron chi connectivity index (χ2n) is 5.93. The second-order valence-corrected chi connectivity index (χ2v) is 7.91. The third-order valence-corrected chi connectivity index (χ3v) is 5.05. The predicted octanol–water partition coefficient (Wildman–Crippen LogP) is 2.86. The minimum absolute atomic E-state index is 0.0127. The number of nitrogens with one attached hydrogen (secondary N) is 2. The third kappa shape index (κ3) is 6.13. The van der Waals surface area contributed by atoms with Crippen LogP contribution in [-0.2, 0) is 11.2 Å². The molecule has 158 valence electrons. The first-order chi connectivity index (χ1) is 14.8. The van der Waals surface area contributed by atoms with E-state index in [1.165, 1.54) is 36.5 Å². The van der Waals surface area contributed by atoms with Crippen molar-refractivity contribution in [2.24, 2.45) is 5.10 Å². The number of hydrogen-bond donors (Lipinski definition) is 3. The number of phenols is 1. The standard InChI is InChI=1S/C18H13BrN6O5S/c19-12-3-6-14(26)11(7-12)9-20-22-15(27)8-16-23-24-18(31-16)21-17(28)10-1-4-13(5-2-10)25(29)30/h1-7,9,26H,8H2,(H,22,27)(H,21,24,28)/b20-9-. The minimum atomic E-state index is -0.560. The Kier molecular flexibility index (Phi) is 6.99. The van der Waals surface area contributed by atoms with Gasteiger partial charge in [0.05, 0.1) is 17.6 Å². The van der Waals surface area contributed by atoms with Gasteiger partial charge < -0.3 is 5.11 Å². The van der Waals surface area contributed by atoms with E-state index in [1.54, 1.807) is 12.1 Å². The van der Waals surface area contributed by atoms with Crippen molar-refractivity contribution >= 4 is 56.1 Å². The first kappa shape index (κ1) is 22.0. The summed E-state index contributed by atoms with van der Waals surface area (Å²) in [5, 5.41) is 34.9. The van der Waals surface area contributed by atoms with Gasteiger partial charge >= 0.3 is 0 Å². The summed E-state index contributed by atoms with van der Waals surface area (Å²) in [5.74, 6) is -0.964. The highest BCUT2D eigenvalue weighted by atomic mass is 79.9. The molecule has 2 aromatic carbocycles. The fraction of sp³-hybridized carbons (Fsp3) is 0.0556. The van der Waals surface area contributed by atoms with Crippen molar-refractivity contribution < 1.29 is 19.6 Å². The van der Waals surface area contributed by atoms with Gasteiger partial charge in [0.1, 0.15) is 10.8 Å². The number of nitrogens with zero attached hydrogens (tertiary/aromatic N) is 4. The number of hydrazone groups is 1. The van der Waals surface area contributed by atoms with E-state index in [4.69, 9.17) is 0 Å². The number of nitro groups is 1. The minimum Gasteiger partial charge on any atom is -0.507 e. The van der Waals surface area contributed by atoms with Crippen LogP contribution in [0.3, 0.4) is 0 Å². The molecule has 11 nitrogen and oxygen atoms in total. The maximum Gasteiger partial charge on any atom is 0.269 e. The Bertz CT molecular complexity index is 1160. The van der Waals surface area contributed by atoms with Gasteiger partial charge in [-0.15, -0.1) is 10.2 Å². The Morgan fingerprint density at radius 3 is 2.68 bits per heavy atom. The number of aromatic nitrogens is 2. The van der Waals surface area contributed by atoms with Gasteiger partial charge in [0, 0.05) is 27.7 Å². The molecule has 0 aliphatic heterocycles. The monoisotopic (exact) mass is 504 g/mol. The highest BCUT2D eigenvalue weighted by Gasteiger charge is 2.14. The number of carbonyl (C=O) groups excluding carboxylic acids is 2. The maximum absolute atomic E-state index is 12.2. The molecule has 2 amide bonds. The molecule has 0 unspecified atom stereocenters. The van der Waals surface area contributed by atoms with E-state index in [9.17, 15) is 24.8 Å². The van der Waals surface area contributed by atoms with Crippen molar-refractivity contribution in [1.29, 1.82) is 0 Å². The molecule has 0 aliphatic rings. The average Bonchev–Trinajstić information content (AvgIpc) is 3.17. The van der Waals surface area contributed by atoms with Crippen molar-refractivity contribution in [2.45, 2.75) is 6.42 Å². The predicted molar refractivity (Wildman–Crippen MR) is 116 cm³/mol. The lowest BCUT2D eigenvalue weighted by Gasteiger charge is -2.00. The van der Waals surface area contributed by atoms with Crippen molar-refractivity contribution in [3.05, 3.63) is 73.2 Å². The number of non-ortho nitro benzene ring substituents is 1. The van der Waals surface area contributed by atoms with Crippen molar-refractivity contribution in [3.63, 3.8) is 0 Å². The number of carbonyl (C=O) groups is 2. The quantitative estimate of drug-likeness (QED) is 0.253. The van der Waals surface area contributed by atoms with E-state index in [0.717, 1.165) is 15.8 Å². The summed E-state index contributed by atoms with van der Waals surface area (Å²) in [7, 11) is 0. The van der Waals surface area contributed by atoms with Crippen LogP contribution in [0, 0.1) is 10.1 Å². The van der Waals surface area contributed by atoms with Gasteiger partial charge in [-0.3, -0.25) is 25.0 Å². The lowest BCUT2D eigenvalue weighted by Crippen LogP contribution is -2.19. The molecule has 31 heavy (non-hydrogen) atoms. The lowest BCUT2D eigenvalue weighted by molar-refractivity contribution is -0.384. The highest BCUT2D eigenvalue weighted by molar-refractivity contribution is 9.10. The number of nitro benzene ring substituents is 1. The Hall–Kier alpha value is -3.71. The topological polar surface area (TPSA) is 160 Å². The fourth-order valence-electron chi connectivity index (χ4n) is 2.26. The zero-order valence-electron chi connectivity index (χ0n) is 15.5. The molecule has 3 N–H and O–H groups in total. The van der Waals surface area contributed by atoms with Gasteiger partial charge in [-0.1, -0.05) is 27.3 Å². The van der Waals surface area contributed by atoms with Gasteiger partial charge in [0.25, 0.3) is 11.6 Å². The van der Waals surface area contributed by atoms with Gasteiger partial charge in [0.2, 0.25) is 11.0 Å². The summed E-state index contributed by atoms with van der Waals surface area (Å²) in [6.07, 6.45) is 1.18. The van der Waals surface area contributed by atoms with E-state index in [-0.39, 0.29) is 28.6 Å². The molecular weight excluding hydrogens is 492 g/mol. The van der Waals surface area contributed by atoms with Crippen LogP contribution >= 0.6 is 27.3 Å². The summed E-state index contributed by atoms with van der Waals surface area (Å²) < 4.78 is 0.746. The molecule has 3 aromatic rings. The van der Waals surface area contributed by atoms with E-state index in [2.05, 4.69) is 42.0 Å². The molecule has 0 radical (unpaired) electrons. The number of halogens is 1. The summed E-state index contributed by atoms with van der Waals surface area (Å²) in [6, 6.07) is 9.88. The largest absolute Gasteiger partial charge is 0.507 e. The van der Waals surface area contributed by atoms with Gasteiger partial charge in [-0.25, -0.2) is 5.43 Å². The second kappa shape index (κ2) is 9.86. The molecular formula is C18H13BrN6O5S. The third-order valence-electron chi connectivity index (χ3n) is 3.72. The molecule has 0 aliphatic carbocycles. The van der Waals surface area contributed by atoms with Crippen molar-refractivity contribution in [2.75, 3.05) is 5.32 Å². The van der Waals surface area contributed by atoms with Crippen LogP contribution in [0.5, 0.6) is 5.75 Å². The Labute approximate surface area is 187 Å². The van der Waals surface area contributed by atoms with E-state index >= 15 is 0 Å². The van der Waals surface area contributed by atoms with Crippen LogP contribution in [0.15, 0.2) is 52.0 Å². The van der Waals surface area contributed by atoms with Crippen LogP contribution in [0.2, 0.25) is 0 Å². The number of aromatic hydroxyl groups is 1. The van der Waals surface area contributed by atoms with E-state index in [1.807, 2.05) is 0 Å². The first-order valence-corrected chi connectivity index (χ1v) is 10.1. The zero-order chi connectivity index (χ0) is 22.4. The Morgan fingerprint density at radius 2 is 1.97 bits per heavy atom. The molecule has 1 heterocycles. The first-order valence-electron chi connectivity index (χ1n) is 8.50. The van der Waals surface area contributed by atoms with Gasteiger partial charge in [0.15, 0.2) is 0 Å². The SMILES string of the molecule is O=C(Cc1nnc(NC(=O)c2ccc([N+](=O)[O-])cc2)s1)N/N=C\c1cc(Br)ccc1O. The van der Waals surface area contributed by atoms with Gasteiger partial charge in [-0.2, -0.15) is 5.10 Å². The lowest BCUT2D eigenvalue weighted by atomic mass is 10.2. The average molecular weight is 505 g/mol. The number of rotatable bonds is 7. The summed E-state index contributed by atoms with van der Waals surface area (Å²) in [6.45, 7) is 0. The van der Waals surface area contributed by atoms with Crippen molar-refractivity contribution in [3.8, 4) is 5.75 Å². The molecule has 3 rings (SSSR count). The number of amides is 2. The van der Waals surface area contributed by atoms with Crippen LogP contribution in [-0.4, -0.2) is 38.3 Å². The molecule has 0 fully saturated rings. The summed E-state index contributed by atoms with van der Waals surface area (Å²) in [5.41, 5.74) is 2.82. The van der Waals surface area contributed by atoms with Crippen LogP contribution in [0.25, 0.3) is 0 Å². The van der Waals surface area contributed by atoms with Crippen LogP contribution in [0.1, 0.15) is 20.9 Å². The summed E-state index contributed by atoms with van der Waals surface area (Å²) >= 11 is 4.28. The maximum atomic E-state index is 12.2. The van der Waals surface area contributed by atoms with Crippen molar-refractivity contribution in [1.82, 2.24) is 15.6 Å². The smallest absolute Gasteiger partial charge is 0.269 e. The highest BCUT2D eigenvalue weighted by Crippen LogP contribution is 2.20. The summed E-state index contributed by atoms with van der Waals surface area (Å²) in [4.78, 5) is 34.3. The molecule has 0 atom stereocenters. The Morgan fingerprint density at radius 1 is 1.23 bits per heavy atom. The normalized spacial score (nSPS) is 10.7.